The Hall–Kier alpha value is -4.21. The number of hydrogen-bond donors (Lipinski definition) is 3. The summed E-state index contributed by atoms with van der Waals surface area (Å²) in [5.74, 6) is -2.18. The van der Waals surface area contributed by atoms with Crippen molar-refractivity contribution in [2.45, 2.75) is 63.4 Å². The second kappa shape index (κ2) is 12.3. The van der Waals surface area contributed by atoms with Crippen molar-refractivity contribution in [1.82, 2.24) is 10.2 Å². The maximum absolute atomic E-state index is 14.6. The van der Waals surface area contributed by atoms with Crippen molar-refractivity contribution in [1.29, 1.82) is 0 Å². The number of fused-ring (bicyclic) bond motifs is 1. The molecule has 0 saturated carbocycles. The Bertz CT molecular complexity index is 1530. The van der Waals surface area contributed by atoms with Crippen LogP contribution in [0, 0.1) is 17.8 Å². The summed E-state index contributed by atoms with van der Waals surface area (Å²) in [7, 11) is 0. The summed E-state index contributed by atoms with van der Waals surface area (Å²) in [6.45, 7) is 6.26. The third kappa shape index (κ3) is 5.38. The van der Waals surface area contributed by atoms with E-state index in [9.17, 15) is 19.5 Å². The predicted octanol–water partition coefficient (Wildman–Crippen LogP) is 3.95. The molecule has 3 aliphatic heterocycles. The standard InChI is InChI=1S/C36H41N3O6/c1-4-44-28-17-15-26(16-18-28)38-32(41)29-30-34(43)39(27(22-40)19-24-11-7-5-8-12-24)31(36(30)20-23(2)35(29,3)45-36)33(42)37-21-25-13-9-6-10-14-25/h5-18,23,27,29-31,40H,4,19-22H2,1-3H3,(H,37,42)(H,38,41)/t23?,27-,29+,30+,31?,35-,36?/m1/s1. The van der Waals surface area contributed by atoms with E-state index in [-0.39, 0.29) is 36.8 Å². The van der Waals surface area contributed by atoms with Gasteiger partial charge in [0.1, 0.15) is 17.4 Å². The molecule has 236 valence electrons. The summed E-state index contributed by atoms with van der Waals surface area (Å²) < 4.78 is 12.4. The molecule has 7 atom stereocenters. The smallest absolute Gasteiger partial charge is 0.246 e. The van der Waals surface area contributed by atoms with Crippen LogP contribution in [-0.2, 0) is 32.1 Å². The van der Waals surface area contributed by atoms with Gasteiger partial charge in [-0.2, -0.15) is 0 Å². The number of anilines is 1. The minimum Gasteiger partial charge on any atom is -0.494 e. The number of aliphatic hydroxyl groups is 1. The van der Waals surface area contributed by atoms with Crippen molar-refractivity contribution < 1.29 is 29.0 Å². The third-order valence-corrected chi connectivity index (χ3v) is 9.94. The molecule has 2 bridgehead atoms. The molecule has 0 aliphatic carbocycles. The third-order valence-electron chi connectivity index (χ3n) is 9.94. The molecule has 9 heteroatoms. The van der Waals surface area contributed by atoms with E-state index in [1.807, 2.05) is 81.4 Å². The van der Waals surface area contributed by atoms with Crippen LogP contribution >= 0.6 is 0 Å². The molecule has 3 aliphatic rings. The molecule has 9 nitrogen and oxygen atoms in total. The molecule has 3 aromatic rings. The minimum atomic E-state index is -1.23. The Balaban J connectivity index is 1.36. The Morgan fingerprint density at radius 3 is 2.27 bits per heavy atom. The number of ether oxygens (including phenoxy) is 2. The number of aliphatic hydroxyl groups excluding tert-OH is 1. The zero-order valence-corrected chi connectivity index (χ0v) is 25.9. The van der Waals surface area contributed by atoms with Gasteiger partial charge in [-0.15, -0.1) is 0 Å². The quantitative estimate of drug-likeness (QED) is 0.302. The lowest BCUT2D eigenvalue weighted by atomic mass is 9.62. The first-order chi connectivity index (χ1) is 21.7. The number of benzene rings is 3. The Morgan fingerprint density at radius 2 is 1.64 bits per heavy atom. The van der Waals surface area contributed by atoms with E-state index in [1.165, 1.54) is 4.90 Å². The van der Waals surface area contributed by atoms with Gasteiger partial charge >= 0.3 is 0 Å². The van der Waals surface area contributed by atoms with Gasteiger partial charge in [0.25, 0.3) is 0 Å². The number of amides is 3. The van der Waals surface area contributed by atoms with Gasteiger partial charge in [-0.3, -0.25) is 14.4 Å². The molecule has 1 spiro atoms. The van der Waals surface area contributed by atoms with Crippen molar-refractivity contribution in [2.24, 2.45) is 17.8 Å². The highest BCUT2D eigenvalue weighted by Gasteiger charge is 2.80. The molecule has 3 unspecified atom stereocenters. The normalized spacial score (nSPS) is 28.9. The summed E-state index contributed by atoms with van der Waals surface area (Å²) in [4.78, 5) is 44.6. The summed E-state index contributed by atoms with van der Waals surface area (Å²) in [6.07, 6.45) is 0.792. The van der Waals surface area contributed by atoms with Crippen LogP contribution < -0.4 is 15.4 Å². The largest absolute Gasteiger partial charge is 0.494 e. The van der Waals surface area contributed by atoms with Gasteiger partial charge in [0, 0.05) is 12.2 Å². The van der Waals surface area contributed by atoms with Crippen molar-refractivity contribution in [3.8, 4) is 5.75 Å². The van der Waals surface area contributed by atoms with E-state index >= 15 is 0 Å². The summed E-state index contributed by atoms with van der Waals surface area (Å²) in [6, 6.07) is 24.5. The van der Waals surface area contributed by atoms with E-state index in [2.05, 4.69) is 10.6 Å². The van der Waals surface area contributed by atoms with Crippen LogP contribution in [0.3, 0.4) is 0 Å². The second-order valence-corrected chi connectivity index (χ2v) is 12.6. The lowest BCUT2D eigenvalue weighted by Crippen LogP contribution is -2.58. The SMILES string of the molecule is CCOc1ccc(NC(=O)[C@@H]2[C@H]3C(=O)N([C@@H](CO)Cc4ccccc4)C(C(=O)NCc4ccccc4)C34CC(C)[C@@]2(C)O4)cc1. The van der Waals surface area contributed by atoms with Gasteiger partial charge in [-0.1, -0.05) is 67.6 Å². The molecule has 45 heavy (non-hydrogen) atoms. The van der Waals surface area contributed by atoms with E-state index in [1.54, 1.807) is 24.3 Å². The van der Waals surface area contributed by atoms with Crippen molar-refractivity contribution >= 4 is 23.4 Å². The summed E-state index contributed by atoms with van der Waals surface area (Å²) in [5.41, 5.74) is 0.236. The van der Waals surface area contributed by atoms with E-state index in [4.69, 9.17) is 9.47 Å². The zero-order chi connectivity index (χ0) is 31.8. The Kier molecular flexibility index (Phi) is 8.41. The maximum atomic E-state index is 14.6. The number of likely N-dealkylation sites (tertiary alicyclic amines) is 1. The monoisotopic (exact) mass is 611 g/mol. The lowest BCUT2D eigenvalue weighted by molar-refractivity contribution is -0.149. The van der Waals surface area contributed by atoms with Gasteiger partial charge in [-0.05, 0) is 68.0 Å². The van der Waals surface area contributed by atoms with E-state index < -0.39 is 35.1 Å². The first kappa shape index (κ1) is 30.8. The lowest BCUT2D eigenvalue weighted by Gasteiger charge is -2.37. The molecule has 3 amide bonds. The molecule has 3 heterocycles. The Labute approximate surface area is 263 Å². The predicted molar refractivity (Wildman–Crippen MR) is 169 cm³/mol. The van der Waals surface area contributed by atoms with Crippen LogP contribution in [0.1, 0.15) is 38.3 Å². The average molecular weight is 612 g/mol. The topological polar surface area (TPSA) is 117 Å². The number of carbonyl (C=O) groups excluding carboxylic acids is 3. The van der Waals surface area contributed by atoms with Crippen LogP contribution in [-0.4, -0.2) is 64.2 Å². The van der Waals surface area contributed by atoms with Gasteiger partial charge in [-0.25, -0.2) is 0 Å². The molecular weight excluding hydrogens is 570 g/mol. The van der Waals surface area contributed by atoms with Gasteiger partial charge in [0.05, 0.1) is 36.7 Å². The molecule has 3 fully saturated rings. The first-order valence-corrected chi connectivity index (χ1v) is 15.7. The van der Waals surface area contributed by atoms with Gasteiger partial charge in [0.15, 0.2) is 0 Å². The molecule has 0 aromatic heterocycles. The first-order valence-electron chi connectivity index (χ1n) is 15.7. The number of carbonyl (C=O) groups is 3. The Morgan fingerprint density at radius 1 is 1.00 bits per heavy atom. The zero-order valence-electron chi connectivity index (χ0n) is 25.9. The minimum absolute atomic E-state index is 0.108. The number of nitrogens with one attached hydrogen (secondary N) is 2. The van der Waals surface area contributed by atoms with Gasteiger partial charge in [0.2, 0.25) is 17.7 Å². The fourth-order valence-electron chi connectivity index (χ4n) is 7.81. The molecule has 6 rings (SSSR count). The molecular formula is C36H41N3O6. The highest BCUT2D eigenvalue weighted by Crippen LogP contribution is 2.65. The van der Waals surface area contributed by atoms with Crippen molar-refractivity contribution in [3.05, 3.63) is 96.1 Å². The summed E-state index contributed by atoms with van der Waals surface area (Å²) >= 11 is 0. The highest BCUT2D eigenvalue weighted by molar-refractivity contribution is 6.02. The van der Waals surface area contributed by atoms with Crippen LogP contribution in [0.4, 0.5) is 5.69 Å². The number of hydrogen-bond acceptors (Lipinski definition) is 6. The number of nitrogens with zero attached hydrogens (tertiary/aromatic N) is 1. The van der Waals surface area contributed by atoms with E-state index in [0.717, 1.165) is 11.1 Å². The van der Waals surface area contributed by atoms with Crippen LogP contribution in [0.15, 0.2) is 84.9 Å². The van der Waals surface area contributed by atoms with Crippen LogP contribution in [0.5, 0.6) is 5.75 Å². The fraction of sp³-hybridized carbons (Fsp3) is 0.417. The summed E-state index contributed by atoms with van der Waals surface area (Å²) in [5, 5.41) is 16.7. The average Bonchev–Trinajstić information content (AvgIpc) is 3.57. The van der Waals surface area contributed by atoms with Crippen LogP contribution in [0.2, 0.25) is 0 Å². The molecule has 3 saturated heterocycles. The second-order valence-electron chi connectivity index (χ2n) is 12.6. The molecule has 3 N–H and O–H groups in total. The van der Waals surface area contributed by atoms with Crippen molar-refractivity contribution in [3.63, 3.8) is 0 Å². The van der Waals surface area contributed by atoms with E-state index in [0.29, 0.717) is 30.9 Å². The highest BCUT2D eigenvalue weighted by atomic mass is 16.5. The fourth-order valence-corrected chi connectivity index (χ4v) is 7.81. The van der Waals surface area contributed by atoms with Crippen molar-refractivity contribution in [2.75, 3.05) is 18.5 Å². The maximum Gasteiger partial charge on any atom is 0.246 e. The molecule has 3 aromatic carbocycles. The van der Waals surface area contributed by atoms with Gasteiger partial charge < -0.3 is 30.1 Å². The van der Waals surface area contributed by atoms with Crippen LogP contribution in [0.25, 0.3) is 0 Å². The number of rotatable bonds is 11. The molecule has 0 radical (unpaired) electrons.